The molecule has 0 bridgehead atoms. The van der Waals surface area contributed by atoms with Gasteiger partial charge in [-0.25, -0.2) is 8.42 Å². The minimum atomic E-state index is -4.68. The Morgan fingerprint density at radius 3 is 2.33 bits per heavy atom. The number of carbonyl (C=O) groups is 1. The van der Waals surface area contributed by atoms with Crippen LogP contribution in [-0.2, 0) is 20.9 Å². The van der Waals surface area contributed by atoms with Crippen LogP contribution in [0, 0.1) is 0 Å². The zero-order valence-corrected chi connectivity index (χ0v) is 17.5. The molecular weight excluding hydrogens is 468 g/mol. The topological polar surface area (TPSA) is 75.7 Å². The molecule has 30 heavy (non-hydrogen) atoms. The first-order valence-electron chi connectivity index (χ1n) is 8.55. The molecule has 0 spiro atoms. The van der Waals surface area contributed by atoms with Gasteiger partial charge in [-0.3, -0.25) is 9.52 Å². The Morgan fingerprint density at radius 1 is 1.07 bits per heavy atom. The van der Waals surface area contributed by atoms with E-state index in [2.05, 4.69) is 4.72 Å². The number of rotatable bonds is 4. The molecule has 0 atom stereocenters. The Morgan fingerprint density at radius 2 is 1.73 bits per heavy atom. The molecule has 1 fully saturated rings. The average molecular weight is 483 g/mol. The van der Waals surface area contributed by atoms with E-state index in [1.54, 1.807) is 0 Å². The lowest BCUT2D eigenvalue weighted by Crippen LogP contribution is -2.41. The predicted octanol–water partition coefficient (Wildman–Crippen LogP) is 4.29. The summed E-state index contributed by atoms with van der Waals surface area (Å²) < 4.78 is 71.4. The number of sulfonamides is 1. The normalized spacial score (nSPS) is 15.2. The molecule has 12 heteroatoms. The SMILES string of the molecule is O=C(c1ccc(Cl)cc1NS(=O)(=O)c1ccc(C(F)(F)F)cc1Cl)N1CCOCC1. The van der Waals surface area contributed by atoms with Crippen molar-refractivity contribution in [3.8, 4) is 0 Å². The van der Waals surface area contributed by atoms with Gasteiger partial charge in [0.25, 0.3) is 15.9 Å². The highest BCUT2D eigenvalue weighted by atomic mass is 35.5. The van der Waals surface area contributed by atoms with E-state index in [1.807, 2.05) is 0 Å². The van der Waals surface area contributed by atoms with E-state index >= 15 is 0 Å². The zero-order valence-electron chi connectivity index (χ0n) is 15.2. The summed E-state index contributed by atoms with van der Waals surface area (Å²) in [6.45, 7) is 1.36. The molecule has 6 nitrogen and oxygen atoms in total. The summed E-state index contributed by atoms with van der Waals surface area (Å²) in [5.74, 6) is -0.439. The van der Waals surface area contributed by atoms with Crippen LogP contribution in [-0.4, -0.2) is 45.5 Å². The third-order valence-corrected chi connectivity index (χ3v) is 6.39. The molecule has 1 aliphatic heterocycles. The summed E-state index contributed by atoms with van der Waals surface area (Å²) in [5.41, 5.74) is -1.17. The van der Waals surface area contributed by atoms with Gasteiger partial charge in [0, 0.05) is 18.1 Å². The Labute approximate surface area is 180 Å². The quantitative estimate of drug-likeness (QED) is 0.705. The number of halogens is 5. The number of hydrogen-bond acceptors (Lipinski definition) is 4. The third kappa shape index (κ3) is 5.00. The fourth-order valence-electron chi connectivity index (χ4n) is 2.82. The number of nitrogens with one attached hydrogen (secondary N) is 1. The van der Waals surface area contributed by atoms with Crippen LogP contribution < -0.4 is 4.72 Å². The second-order valence-corrected chi connectivity index (χ2v) is 8.84. The van der Waals surface area contributed by atoms with E-state index in [-0.39, 0.29) is 16.3 Å². The number of ether oxygens (including phenoxy) is 1. The lowest BCUT2D eigenvalue weighted by atomic mass is 10.1. The fourth-order valence-corrected chi connectivity index (χ4v) is 4.61. The minimum Gasteiger partial charge on any atom is -0.378 e. The summed E-state index contributed by atoms with van der Waals surface area (Å²) in [7, 11) is -4.41. The fraction of sp³-hybridized carbons (Fsp3) is 0.278. The van der Waals surface area contributed by atoms with Gasteiger partial charge in [-0.2, -0.15) is 13.2 Å². The number of carbonyl (C=O) groups excluding carboxylic acids is 1. The van der Waals surface area contributed by atoms with Crippen molar-refractivity contribution in [2.75, 3.05) is 31.0 Å². The van der Waals surface area contributed by atoms with Crippen LogP contribution in [0.4, 0.5) is 18.9 Å². The minimum absolute atomic E-state index is 0.0351. The first-order chi connectivity index (χ1) is 14.0. The molecule has 2 aromatic carbocycles. The molecule has 0 saturated carbocycles. The molecule has 1 aliphatic rings. The van der Waals surface area contributed by atoms with Gasteiger partial charge >= 0.3 is 6.18 Å². The maximum atomic E-state index is 12.8. The number of morpholine rings is 1. The molecule has 1 saturated heterocycles. The van der Waals surface area contributed by atoms with Crippen molar-refractivity contribution in [3.63, 3.8) is 0 Å². The van der Waals surface area contributed by atoms with Crippen LogP contribution in [0.1, 0.15) is 15.9 Å². The molecule has 2 aromatic rings. The highest BCUT2D eigenvalue weighted by Gasteiger charge is 2.32. The smallest absolute Gasteiger partial charge is 0.378 e. The predicted molar refractivity (Wildman–Crippen MR) is 105 cm³/mol. The van der Waals surface area contributed by atoms with E-state index in [4.69, 9.17) is 27.9 Å². The molecule has 1 N–H and O–H groups in total. The molecule has 162 valence electrons. The summed E-state index contributed by atoms with van der Waals surface area (Å²) >= 11 is 11.8. The number of benzene rings is 2. The van der Waals surface area contributed by atoms with Crippen molar-refractivity contribution in [1.82, 2.24) is 4.90 Å². The molecule has 0 radical (unpaired) electrons. The Balaban J connectivity index is 1.95. The number of hydrogen-bond donors (Lipinski definition) is 1. The summed E-state index contributed by atoms with van der Waals surface area (Å²) in [5, 5.41) is -0.454. The molecular formula is C18H15Cl2F3N2O4S. The van der Waals surface area contributed by atoms with Crippen molar-refractivity contribution < 1.29 is 31.1 Å². The molecule has 3 rings (SSSR count). The van der Waals surface area contributed by atoms with E-state index in [0.717, 1.165) is 6.07 Å². The Kier molecular flexibility index (Phi) is 6.51. The Hall–Kier alpha value is -2.01. The zero-order chi connectivity index (χ0) is 22.1. The van der Waals surface area contributed by atoms with Crippen molar-refractivity contribution in [3.05, 3.63) is 57.6 Å². The van der Waals surface area contributed by atoms with Crippen LogP contribution in [0.2, 0.25) is 10.0 Å². The van der Waals surface area contributed by atoms with Crippen LogP contribution in [0.3, 0.4) is 0 Å². The van der Waals surface area contributed by atoms with E-state index in [9.17, 15) is 26.4 Å². The number of amides is 1. The molecule has 0 unspecified atom stereocenters. The molecule has 1 amide bonds. The lowest BCUT2D eigenvalue weighted by Gasteiger charge is -2.27. The average Bonchev–Trinajstić information content (AvgIpc) is 2.67. The summed E-state index contributed by atoms with van der Waals surface area (Å²) in [6.07, 6.45) is -4.68. The van der Waals surface area contributed by atoms with Crippen molar-refractivity contribution >= 4 is 44.8 Å². The maximum Gasteiger partial charge on any atom is 0.416 e. The van der Waals surface area contributed by atoms with Crippen LogP contribution in [0.5, 0.6) is 0 Å². The van der Waals surface area contributed by atoms with Gasteiger partial charge in [0.15, 0.2) is 0 Å². The van der Waals surface area contributed by atoms with Gasteiger partial charge in [-0.1, -0.05) is 23.2 Å². The van der Waals surface area contributed by atoms with Crippen LogP contribution in [0.25, 0.3) is 0 Å². The number of anilines is 1. The van der Waals surface area contributed by atoms with Crippen molar-refractivity contribution in [2.24, 2.45) is 0 Å². The standard InChI is InChI=1S/C18H15Cl2F3N2O4S/c19-12-2-3-13(17(26)25-5-7-29-8-6-25)15(10-12)24-30(27,28)16-4-1-11(9-14(16)20)18(21,22)23/h1-4,9-10,24H,5-8H2. The monoisotopic (exact) mass is 482 g/mol. The highest BCUT2D eigenvalue weighted by Crippen LogP contribution is 2.34. The van der Waals surface area contributed by atoms with Gasteiger partial charge in [0.2, 0.25) is 0 Å². The van der Waals surface area contributed by atoms with Crippen molar-refractivity contribution in [1.29, 1.82) is 0 Å². The van der Waals surface area contributed by atoms with Crippen LogP contribution in [0.15, 0.2) is 41.3 Å². The summed E-state index contributed by atoms with van der Waals surface area (Å²) in [4.78, 5) is 13.7. The molecule has 0 aliphatic carbocycles. The highest BCUT2D eigenvalue weighted by molar-refractivity contribution is 7.92. The lowest BCUT2D eigenvalue weighted by molar-refractivity contribution is -0.137. The first kappa shape index (κ1) is 22.7. The first-order valence-corrected chi connectivity index (χ1v) is 10.8. The molecule has 0 aromatic heterocycles. The third-order valence-electron chi connectivity index (χ3n) is 4.30. The largest absolute Gasteiger partial charge is 0.416 e. The summed E-state index contributed by atoms with van der Waals surface area (Å²) in [6, 6.07) is 5.92. The van der Waals surface area contributed by atoms with E-state index in [0.29, 0.717) is 38.4 Å². The van der Waals surface area contributed by atoms with Crippen molar-refractivity contribution in [2.45, 2.75) is 11.1 Å². The van der Waals surface area contributed by atoms with Gasteiger partial charge in [0.1, 0.15) is 4.90 Å². The van der Waals surface area contributed by atoms with Gasteiger partial charge in [-0.15, -0.1) is 0 Å². The molecule has 1 heterocycles. The maximum absolute atomic E-state index is 12.8. The van der Waals surface area contributed by atoms with Gasteiger partial charge in [0.05, 0.1) is 35.1 Å². The Bertz CT molecular complexity index is 1070. The second-order valence-electron chi connectivity index (χ2n) is 6.34. The van der Waals surface area contributed by atoms with Crippen LogP contribution >= 0.6 is 23.2 Å². The number of alkyl halides is 3. The second kappa shape index (κ2) is 8.62. The van der Waals surface area contributed by atoms with E-state index < -0.39 is 37.6 Å². The van der Waals surface area contributed by atoms with Gasteiger partial charge in [-0.05, 0) is 36.4 Å². The number of nitrogens with zero attached hydrogens (tertiary/aromatic N) is 1. The van der Waals surface area contributed by atoms with Gasteiger partial charge < -0.3 is 9.64 Å². The van der Waals surface area contributed by atoms with E-state index in [1.165, 1.54) is 23.1 Å².